The van der Waals surface area contributed by atoms with Crippen LogP contribution in [0, 0.1) is 11.6 Å². The number of thiophene rings is 1. The highest BCUT2D eigenvalue weighted by Crippen LogP contribution is 2.31. The molecule has 2 N–H and O–H groups in total. The van der Waals surface area contributed by atoms with Crippen molar-refractivity contribution in [2.45, 2.75) is 0 Å². The summed E-state index contributed by atoms with van der Waals surface area (Å²) in [7, 11) is 0. The number of rotatable bonds is 5. The number of hydrogen-bond donors (Lipinski definition) is 2. The van der Waals surface area contributed by atoms with Gasteiger partial charge in [-0.05, 0) is 36.4 Å². The molecular formula is C20H13F2NO3S. The van der Waals surface area contributed by atoms with Crippen LogP contribution in [0.2, 0.25) is 0 Å². The monoisotopic (exact) mass is 385 g/mol. The van der Waals surface area contributed by atoms with Crippen molar-refractivity contribution >= 4 is 29.3 Å². The van der Waals surface area contributed by atoms with Crippen molar-refractivity contribution in [1.82, 2.24) is 5.32 Å². The third-order valence-corrected chi connectivity index (χ3v) is 4.71. The molecule has 0 fully saturated rings. The van der Waals surface area contributed by atoms with Crippen LogP contribution in [0.1, 0.15) is 15.2 Å². The molecule has 0 unspecified atom stereocenters. The van der Waals surface area contributed by atoms with Gasteiger partial charge in [0.05, 0.1) is 0 Å². The van der Waals surface area contributed by atoms with Gasteiger partial charge in [-0.15, -0.1) is 11.3 Å². The average molecular weight is 385 g/mol. The number of benzene rings is 2. The third-order valence-electron chi connectivity index (χ3n) is 3.65. The maximum atomic E-state index is 13.9. The van der Waals surface area contributed by atoms with Gasteiger partial charge < -0.3 is 10.4 Å². The van der Waals surface area contributed by atoms with Gasteiger partial charge in [0.2, 0.25) is 0 Å². The second-order valence-electron chi connectivity index (χ2n) is 5.49. The van der Waals surface area contributed by atoms with Crippen LogP contribution in [0.15, 0.2) is 66.4 Å². The normalized spacial score (nSPS) is 11.3. The average Bonchev–Trinajstić information content (AvgIpc) is 3.12. The van der Waals surface area contributed by atoms with E-state index in [0.29, 0.717) is 15.3 Å². The zero-order valence-electron chi connectivity index (χ0n) is 13.8. The molecule has 1 aromatic heterocycles. The van der Waals surface area contributed by atoms with Crippen LogP contribution >= 0.6 is 11.3 Å². The molecule has 136 valence electrons. The zero-order chi connectivity index (χ0) is 19.4. The summed E-state index contributed by atoms with van der Waals surface area (Å²) in [6, 6.07) is 15.2. The minimum Gasteiger partial charge on any atom is -0.477 e. The molecule has 1 heterocycles. The molecule has 1 amide bonds. The fourth-order valence-corrected chi connectivity index (χ4v) is 3.32. The molecule has 3 rings (SSSR count). The maximum Gasteiger partial charge on any atom is 0.352 e. The highest BCUT2D eigenvalue weighted by Gasteiger charge is 2.15. The minimum absolute atomic E-state index is 0.0878. The van der Waals surface area contributed by atoms with Crippen molar-refractivity contribution < 1.29 is 23.5 Å². The summed E-state index contributed by atoms with van der Waals surface area (Å²) < 4.78 is 27.3. The van der Waals surface area contributed by atoms with E-state index in [1.54, 1.807) is 42.5 Å². The second kappa shape index (κ2) is 7.92. The number of carboxylic acids is 1. The quantitative estimate of drug-likeness (QED) is 0.634. The lowest BCUT2D eigenvalue weighted by molar-refractivity contribution is -0.132. The third kappa shape index (κ3) is 4.27. The van der Waals surface area contributed by atoms with Gasteiger partial charge in [-0.25, -0.2) is 13.6 Å². The number of nitrogens with one attached hydrogen (secondary N) is 1. The molecule has 0 aliphatic carbocycles. The lowest BCUT2D eigenvalue weighted by Crippen LogP contribution is -2.27. The Balaban J connectivity index is 1.87. The number of carboxylic acid groups (broad SMARTS) is 1. The van der Waals surface area contributed by atoms with E-state index in [9.17, 15) is 23.5 Å². The van der Waals surface area contributed by atoms with Crippen molar-refractivity contribution in [1.29, 1.82) is 0 Å². The molecule has 0 aliphatic heterocycles. The lowest BCUT2D eigenvalue weighted by Gasteiger charge is -2.05. The first kappa shape index (κ1) is 18.5. The molecular weight excluding hydrogens is 372 g/mol. The number of amides is 1. The van der Waals surface area contributed by atoms with Crippen molar-refractivity contribution in [3.8, 4) is 10.4 Å². The summed E-state index contributed by atoms with van der Waals surface area (Å²) in [4.78, 5) is 24.5. The van der Waals surface area contributed by atoms with Crippen LogP contribution < -0.4 is 5.32 Å². The smallest absolute Gasteiger partial charge is 0.352 e. The van der Waals surface area contributed by atoms with Gasteiger partial charge in [-0.3, -0.25) is 4.79 Å². The Kier molecular flexibility index (Phi) is 5.42. The Bertz CT molecular complexity index is 1030. The van der Waals surface area contributed by atoms with Gasteiger partial charge in [0.15, 0.2) is 11.6 Å². The first-order chi connectivity index (χ1) is 13.0. The Labute approximate surface area is 157 Å². The molecule has 0 spiro atoms. The molecule has 4 nitrogen and oxygen atoms in total. The van der Waals surface area contributed by atoms with Crippen molar-refractivity contribution in [3.05, 3.63) is 88.4 Å². The first-order valence-corrected chi connectivity index (χ1v) is 8.63. The van der Waals surface area contributed by atoms with Crippen LogP contribution in [0.3, 0.4) is 0 Å². The van der Waals surface area contributed by atoms with Gasteiger partial charge in [0.25, 0.3) is 5.91 Å². The molecule has 0 saturated carbocycles. The largest absolute Gasteiger partial charge is 0.477 e. The van der Waals surface area contributed by atoms with Gasteiger partial charge in [-0.1, -0.05) is 30.3 Å². The fourth-order valence-electron chi connectivity index (χ4n) is 2.35. The van der Waals surface area contributed by atoms with Crippen molar-refractivity contribution in [2.75, 3.05) is 0 Å². The number of carbonyl (C=O) groups is 2. The minimum atomic E-state index is -1.31. The van der Waals surface area contributed by atoms with Gasteiger partial charge in [0.1, 0.15) is 5.70 Å². The summed E-state index contributed by atoms with van der Waals surface area (Å²) in [6.45, 7) is 0. The molecule has 2 aromatic carbocycles. The molecule has 0 radical (unpaired) electrons. The molecule has 0 aliphatic rings. The Morgan fingerprint density at radius 3 is 2.41 bits per heavy atom. The van der Waals surface area contributed by atoms with Crippen LogP contribution in [-0.2, 0) is 4.79 Å². The molecule has 0 bridgehead atoms. The summed E-state index contributed by atoms with van der Waals surface area (Å²) in [5.74, 6) is -3.80. The predicted molar refractivity (Wildman–Crippen MR) is 99.2 cm³/mol. The molecule has 27 heavy (non-hydrogen) atoms. The van der Waals surface area contributed by atoms with Crippen LogP contribution in [0.5, 0.6) is 0 Å². The summed E-state index contributed by atoms with van der Waals surface area (Å²) >= 11 is 1.08. The van der Waals surface area contributed by atoms with E-state index in [2.05, 4.69) is 5.32 Å². The van der Waals surface area contributed by atoms with E-state index in [4.69, 9.17) is 0 Å². The van der Waals surface area contributed by atoms with Gasteiger partial charge in [-0.2, -0.15) is 0 Å². The van der Waals surface area contributed by atoms with E-state index in [-0.39, 0.29) is 11.3 Å². The summed E-state index contributed by atoms with van der Waals surface area (Å²) in [5, 5.41) is 11.7. The van der Waals surface area contributed by atoms with Crippen LogP contribution in [0.25, 0.3) is 16.5 Å². The highest BCUT2D eigenvalue weighted by molar-refractivity contribution is 7.16. The molecule has 0 saturated heterocycles. The standard InChI is InChI=1S/C20H13F2NO3S/c21-15-8-4-7-14(18(15)22)17-10-9-13(27-17)11-16(20(25)26)23-19(24)12-5-2-1-3-6-12/h1-11H,(H,23,24)(H,25,26)/b16-11-. The molecule has 3 aromatic rings. The fraction of sp³-hybridized carbons (Fsp3) is 0. The highest BCUT2D eigenvalue weighted by atomic mass is 32.1. The summed E-state index contributed by atoms with van der Waals surface area (Å²) in [6.07, 6.45) is 1.27. The Hall–Kier alpha value is -3.32. The number of halogens is 2. The van der Waals surface area contributed by atoms with Crippen LogP contribution in [-0.4, -0.2) is 17.0 Å². The zero-order valence-corrected chi connectivity index (χ0v) is 14.6. The number of aliphatic carboxylic acids is 1. The van der Waals surface area contributed by atoms with E-state index < -0.39 is 23.5 Å². The first-order valence-electron chi connectivity index (χ1n) is 7.81. The van der Waals surface area contributed by atoms with Crippen molar-refractivity contribution in [3.63, 3.8) is 0 Å². The van der Waals surface area contributed by atoms with Gasteiger partial charge >= 0.3 is 5.97 Å². The number of hydrogen-bond acceptors (Lipinski definition) is 3. The molecule has 7 heteroatoms. The van der Waals surface area contributed by atoms with E-state index in [1.165, 1.54) is 18.2 Å². The van der Waals surface area contributed by atoms with E-state index >= 15 is 0 Å². The van der Waals surface area contributed by atoms with Crippen LogP contribution in [0.4, 0.5) is 8.78 Å². The lowest BCUT2D eigenvalue weighted by atomic mass is 10.1. The Morgan fingerprint density at radius 1 is 0.963 bits per heavy atom. The van der Waals surface area contributed by atoms with Gasteiger partial charge in [0, 0.05) is 20.9 Å². The van der Waals surface area contributed by atoms with E-state index in [1.807, 2.05) is 0 Å². The van der Waals surface area contributed by atoms with E-state index in [0.717, 1.165) is 17.4 Å². The number of carbonyl (C=O) groups excluding carboxylic acids is 1. The van der Waals surface area contributed by atoms with Crippen molar-refractivity contribution in [2.24, 2.45) is 0 Å². The molecule has 0 atom stereocenters. The maximum absolute atomic E-state index is 13.9. The topological polar surface area (TPSA) is 66.4 Å². The SMILES string of the molecule is O=C(O)/C(=C/c1ccc(-c2cccc(F)c2F)s1)NC(=O)c1ccccc1. The Morgan fingerprint density at radius 2 is 1.70 bits per heavy atom. The summed E-state index contributed by atoms with van der Waals surface area (Å²) in [5.41, 5.74) is 0.0835. The predicted octanol–water partition coefficient (Wildman–Crippen LogP) is 4.55. The second-order valence-corrected chi connectivity index (χ2v) is 6.60.